The summed E-state index contributed by atoms with van der Waals surface area (Å²) in [7, 11) is 0. The lowest BCUT2D eigenvalue weighted by atomic mass is 10.1. The quantitative estimate of drug-likeness (QED) is 0.623. The molecule has 0 radical (unpaired) electrons. The number of thiol groups is 1. The van der Waals surface area contributed by atoms with Gasteiger partial charge in [-0.25, -0.2) is 4.79 Å². The molecule has 1 aromatic rings. The molecule has 1 aromatic carbocycles. The Morgan fingerprint density at radius 1 is 1.15 bits per heavy atom. The molecule has 5 heteroatoms. The highest BCUT2D eigenvalue weighted by molar-refractivity contribution is 7.97. The van der Waals surface area contributed by atoms with Crippen molar-refractivity contribution in [1.29, 1.82) is 0 Å². The summed E-state index contributed by atoms with van der Waals surface area (Å²) in [6.07, 6.45) is 0. The van der Waals surface area contributed by atoms with Gasteiger partial charge in [0.05, 0.1) is 5.56 Å². The predicted molar refractivity (Wildman–Crippen MR) is 48.4 cm³/mol. The minimum absolute atomic E-state index is 0.0562. The van der Waals surface area contributed by atoms with Crippen molar-refractivity contribution in [1.82, 2.24) is 0 Å². The summed E-state index contributed by atoms with van der Waals surface area (Å²) < 4.78 is 0. The van der Waals surface area contributed by atoms with Crippen molar-refractivity contribution in [2.75, 3.05) is 0 Å². The van der Waals surface area contributed by atoms with E-state index in [0.717, 1.165) is 18.2 Å². The third-order valence-corrected chi connectivity index (χ3v) is 1.67. The molecule has 0 fully saturated rings. The van der Waals surface area contributed by atoms with Crippen molar-refractivity contribution < 1.29 is 19.8 Å². The normalized spacial score (nSPS) is 9.62. The van der Waals surface area contributed by atoms with Crippen LogP contribution >= 0.6 is 12.6 Å². The monoisotopic (exact) mass is 198 g/mol. The molecular weight excluding hydrogens is 192 g/mol. The second kappa shape index (κ2) is 3.49. The van der Waals surface area contributed by atoms with Gasteiger partial charge in [-0.1, -0.05) is 0 Å². The Balaban J connectivity index is 3.26. The van der Waals surface area contributed by atoms with E-state index in [1.54, 1.807) is 0 Å². The van der Waals surface area contributed by atoms with E-state index in [1.807, 2.05) is 0 Å². The summed E-state index contributed by atoms with van der Waals surface area (Å²) >= 11 is 3.51. The number of carboxylic acid groups (broad SMARTS) is 1. The van der Waals surface area contributed by atoms with Crippen molar-refractivity contribution in [3.05, 3.63) is 29.3 Å². The molecule has 68 valence electrons. The number of hydrogen-bond donors (Lipinski definition) is 3. The first-order chi connectivity index (χ1) is 6.00. The molecule has 0 bridgehead atoms. The highest BCUT2D eigenvalue weighted by atomic mass is 32.1. The van der Waals surface area contributed by atoms with E-state index < -0.39 is 11.1 Å². The van der Waals surface area contributed by atoms with E-state index in [1.165, 1.54) is 0 Å². The highest BCUT2D eigenvalue weighted by Gasteiger charge is 2.09. The Morgan fingerprint density at radius 2 is 1.69 bits per heavy atom. The molecule has 0 aliphatic rings. The molecule has 2 N–H and O–H groups in total. The van der Waals surface area contributed by atoms with Crippen molar-refractivity contribution in [2.24, 2.45) is 0 Å². The maximum absolute atomic E-state index is 10.7. The number of phenols is 1. The summed E-state index contributed by atoms with van der Waals surface area (Å²) in [5, 5.41) is 17.0. The lowest BCUT2D eigenvalue weighted by Crippen LogP contribution is -1.98. The Bertz CT molecular complexity index is 340. The second-order valence-corrected chi connectivity index (χ2v) is 2.79. The van der Waals surface area contributed by atoms with Gasteiger partial charge in [0.2, 0.25) is 5.12 Å². The number of carbonyl (C=O) groups excluding carboxylic acids is 1. The number of aromatic hydroxyl groups is 1. The van der Waals surface area contributed by atoms with Gasteiger partial charge in [-0.15, -0.1) is 12.6 Å². The molecular formula is C8H6O4S. The fourth-order valence-electron chi connectivity index (χ4n) is 0.858. The van der Waals surface area contributed by atoms with Gasteiger partial charge in [-0.2, -0.15) is 0 Å². The summed E-state index contributed by atoms with van der Waals surface area (Å²) in [6.45, 7) is 0. The van der Waals surface area contributed by atoms with Gasteiger partial charge >= 0.3 is 5.97 Å². The molecule has 0 amide bonds. The molecule has 0 aliphatic heterocycles. The number of rotatable bonds is 2. The van der Waals surface area contributed by atoms with Crippen LogP contribution in [-0.4, -0.2) is 21.3 Å². The Kier molecular flexibility index (Phi) is 2.57. The first kappa shape index (κ1) is 9.60. The van der Waals surface area contributed by atoms with Crippen LogP contribution in [0.2, 0.25) is 0 Å². The molecule has 0 saturated carbocycles. The Hall–Kier alpha value is -1.49. The van der Waals surface area contributed by atoms with E-state index in [4.69, 9.17) is 10.2 Å². The van der Waals surface area contributed by atoms with Crippen LogP contribution in [0.25, 0.3) is 0 Å². The summed E-state index contributed by atoms with van der Waals surface area (Å²) in [4.78, 5) is 21.2. The van der Waals surface area contributed by atoms with Crippen LogP contribution in [0.1, 0.15) is 20.7 Å². The largest absolute Gasteiger partial charge is 0.508 e. The molecule has 0 heterocycles. The number of aromatic carboxylic acids is 1. The van der Waals surface area contributed by atoms with Gasteiger partial charge in [0.25, 0.3) is 0 Å². The van der Waals surface area contributed by atoms with Gasteiger partial charge in [0, 0.05) is 5.56 Å². The first-order valence-electron chi connectivity index (χ1n) is 3.31. The fraction of sp³-hybridized carbons (Fsp3) is 0. The van der Waals surface area contributed by atoms with Gasteiger partial charge in [-0.3, -0.25) is 4.79 Å². The Morgan fingerprint density at radius 3 is 2.15 bits per heavy atom. The van der Waals surface area contributed by atoms with E-state index >= 15 is 0 Å². The zero-order chi connectivity index (χ0) is 10.0. The molecule has 4 nitrogen and oxygen atoms in total. The average Bonchev–Trinajstić information content (AvgIpc) is 2.03. The maximum Gasteiger partial charge on any atom is 0.335 e. The standard InChI is InChI=1S/C8H6O4S/c9-6-2-4(7(10)11)1-5(3-6)8(12)13/h1-3,9H,(H,10,11)(H,12,13). The lowest BCUT2D eigenvalue weighted by Gasteiger charge is -1.99. The Labute approximate surface area is 79.2 Å². The van der Waals surface area contributed by atoms with Crippen molar-refractivity contribution in [3.63, 3.8) is 0 Å². The van der Waals surface area contributed by atoms with E-state index in [2.05, 4.69) is 12.6 Å². The SMILES string of the molecule is O=C(O)c1cc(O)cc(C(=O)S)c1. The fourth-order valence-corrected chi connectivity index (χ4v) is 0.987. The summed E-state index contributed by atoms with van der Waals surface area (Å²) in [5.74, 6) is -1.47. The minimum Gasteiger partial charge on any atom is -0.508 e. The first-order valence-corrected chi connectivity index (χ1v) is 3.76. The van der Waals surface area contributed by atoms with Gasteiger partial charge < -0.3 is 10.2 Å². The average molecular weight is 198 g/mol. The van der Waals surface area contributed by atoms with Crippen molar-refractivity contribution >= 4 is 23.7 Å². The molecule has 0 saturated heterocycles. The highest BCUT2D eigenvalue weighted by Crippen LogP contribution is 2.17. The van der Waals surface area contributed by atoms with Crippen LogP contribution < -0.4 is 0 Å². The van der Waals surface area contributed by atoms with Crippen LogP contribution in [0.3, 0.4) is 0 Å². The zero-order valence-electron chi connectivity index (χ0n) is 6.39. The molecule has 0 aromatic heterocycles. The van der Waals surface area contributed by atoms with Crippen LogP contribution in [0.5, 0.6) is 5.75 Å². The number of benzene rings is 1. The van der Waals surface area contributed by atoms with Crippen molar-refractivity contribution in [3.8, 4) is 5.75 Å². The number of carbonyl (C=O) groups is 2. The molecule has 0 unspecified atom stereocenters. The maximum atomic E-state index is 10.7. The zero-order valence-corrected chi connectivity index (χ0v) is 7.28. The molecule has 13 heavy (non-hydrogen) atoms. The van der Waals surface area contributed by atoms with Crippen LogP contribution in [0, 0.1) is 0 Å². The van der Waals surface area contributed by atoms with Crippen LogP contribution in [0.15, 0.2) is 18.2 Å². The molecule has 0 spiro atoms. The van der Waals surface area contributed by atoms with Crippen molar-refractivity contribution in [2.45, 2.75) is 0 Å². The van der Waals surface area contributed by atoms with Crippen LogP contribution in [-0.2, 0) is 0 Å². The number of phenolic OH excluding ortho intramolecular Hbond substituents is 1. The predicted octanol–water partition coefficient (Wildman–Crippen LogP) is 1.16. The van der Waals surface area contributed by atoms with Crippen LogP contribution in [0.4, 0.5) is 0 Å². The van der Waals surface area contributed by atoms with Gasteiger partial charge in [-0.05, 0) is 18.2 Å². The smallest absolute Gasteiger partial charge is 0.335 e. The minimum atomic E-state index is -1.20. The summed E-state index contributed by atoms with van der Waals surface area (Å²) in [6, 6.07) is 3.36. The van der Waals surface area contributed by atoms with Gasteiger partial charge in [0.15, 0.2) is 0 Å². The van der Waals surface area contributed by atoms with E-state index in [0.29, 0.717) is 0 Å². The van der Waals surface area contributed by atoms with E-state index in [-0.39, 0.29) is 16.9 Å². The third kappa shape index (κ3) is 2.22. The topological polar surface area (TPSA) is 74.6 Å². The lowest BCUT2D eigenvalue weighted by molar-refractivity contribution is 0.0696. The number of carboxylic acids is 1. The second-order valence-electron chi connectivity index (χ2n) is 2.38. The molecule has 0 aliphatic carbocycles. The molecule has 0 atom stereocenters. The van der Waals surface area contributed by atoms with E-state index in [9.17, 15) is 9.59 Å². The van der Waals surface area contributed by atoms with Gasteiger partial charge in [0.1, 0.15) is 5.75 Å². The third-order valence-electron chi connectivity index (χ3n) is 1.41. The summed E-state index contributed by atoms with van der Waals surface area (Å²) in [5.41, 5.74) is -0.0851. The number of hydrogen-bond acceptors (Lipinski definition) is 3. The molecule has 1 rings (SSSR count).